The van der Waals surface area contributed by atoms with Gasteiger partial charge in [-0.2, -0.15) is 0 Å². The predicted octanol–water partition coefficient (Wildman–Crippen LogP) is 2.03. The fourth-order valence-corrected chi connectivity index (χ4v) is 3.77. The van der Waals surface area contributed by atoms with Gasteiger partial charge in [-0.25, -0.2) is 0 Å². The first-order chi connectivity index (χ1) is 10.1. The Kier molecular flexibility index (Phi) is 4.27. The molecule has 0 aliphatic carbocycles. The SMILES string of the molecule is CC1CN2CCCCC2CN1Cc1ccccc1C(=N)N. The maximum atomic E-state index is 7.74. The van der Waals surface area contributed by atoms with Crippen molar-refractivity contribution in [3.05, 3.63) is 35.4 Å². The zero-order valence-corrected chi connectivity index (χ0v) is 12.9. The van der Waals surface area contributed by atoms with E-state index < -0.39 is 0 Å². The predicted molar refractivity (Wildman–Crippen MR) is 86.5 cm³/mol. The van der Waals surface area contributed by atoms with Crippen LogP contribution in [-0.2, 0) is 6.54 Å². The monoisotopic (exact) mass is 286 g/mol. The molecule has 0 saturated carbocycles. The van der Waals surface area contributed by atoms with Crippen LogP contribution >= 0.6 is 0 Å². The molecule has 4 nitrogen and oxygen atoms in total. The Balaban J connectivity index is 1.74. The Hall–Kier alpha value is -1.39. The smallest absolute Gasteiger partial charge is 0.123 e. The van der Waals surface area contributed by atoms with Gasteiger partial charge in [0, 0.05) is 37.3 Å². The number of fused-ring (bicyclic) bond motifs is 1. The molecule has 0 spiro atoms. The van der Waals surface area contributed by atoms with Crippen LogP contribution in [0.2, 0.25) is 0 Å². The number of benzene rings is 1. The third-order valence-corrected chi connectivity index (χ3v) is 5.00. The number of amidine groups is 1. The maximum absolute atomic E-state index is 7.74. The lowest BCUT2D eigenvalue weighted by molar-refractivity contribution is 0.0110. The highest BCUT2D eigenvalue weighted by Gasteiger charge is 2.32. The molecule has 2 heterocycles. The van der Waals surface area contributed by atoms with Crippen molar-refractivity contribution < 1.29 is 0 Å². The van der Waals surface area contributed by atoms with E-state index in [4.69, 9.17) is 11.1 Å². The van der Waals surface area contributed by atoms with Crippen molar-refractivity contribution in [2.75, 3.05) is 19.6 Å². The Morgan fingerprint density at radius 1 is 1.29 bits per heavy atom. The molecule has 3 N–H and O–H groups in total. The summed E-state index contributed by atoms with van der Waals surface area (Å²) in [6, 6.07) is 9.36. The minimum Gasteiger partial charge on any atom is -0.384 e. The number of nitrogens with two attached hydrogens (primary N) is 1. The van der Waals surface area contributed by atoms with Crippen LogP contribution in [0.3, 0.4) is 0 Å². The molecule has 2 unspecified atom stereocenters. The summed E-state index contributed by atoms with van der Waals surface area (Å²) in [6.45, 7) is 6.82. The van der Waals surface area contributed by atoms with E-state index >= 15 is 0 Å². The molecule has 0 radical (unpaired) electrons. The maximum Gasteiger partial charge on any atom is 0.123 e. The lowest BCUT2D eigenvalue weighted by atomic mass is 9.96. The molecule has 1 aromatic rings. The van der Waals surface area contributed by atoms with Gasteiger partial charge in [0.15, 0.2) is 0 Å². The normalized spacial score (nSPS) is 27.3. The quantitative estimate of drug-likeness (QED) is 0.660. The third kappa shape index (κ3) is 3.11. The van der Waals surface area contributed by atoms with Gasteiger partial charge in [0.25, 0.3) is 0 Å². The average molecular weight is 286 g/mol. The van der Waals surface area contributed by atoms with Crippen molar-refractivity contribution in [2.45, 2.75) is 44.8 Å². The number of piperazine rings is 1. The van der Waals surface area contributed by atoms with Gasteiger partial charge >= 0.3 is 0 Å². The summed E-state index contributed by atoms with van der Waals surface area (Å²) in [5.41, 5.74) is 7.78. The standard InChI is InChI=1S/C17H26N4/c1-13-10-20-9-5-4-7-15(20)12-21(13)11-14-6-2-3-8-16(14)17(18)19/h2-3,6,8,13,15H,4-5,7,9-12H2,1H3,(H3,18,19). The van der Waals surface area contributed by atoms with E-state index in [0.29, 0.717) is 6.04 Å². The third-order valence-electron chi connectivity index (χ3n) is 5.00. The molecular formula is C17H26N4. The van der Waals surface area contributed by atoms with Gasteiger partial charge in [0.1, 0.15) is 5.84 Å². The number of nitrogens with one attached hydrogen (secondary N) is 1. The Morgan fingerprint density at radius 2 is 2.10 bits per heavy atom. The first-order valence-corrected chi connectivity index (χ1v) is 8.05. The van der Waals surface area contributed by atoms with Gasteiger partial charge in [0.05, 0.1) is 0 Å². The number of hydrogen-bond acceptors (Lipinski definition) is 3. The largest absolute Gasteiger partial charge is 0.384 e. The van der Waals surface area contributed by atoms with Crippen LogP contribution in [-0.4, -0.2) is 47.4 Å². The molecule has 0 amide bonds. The number of nitrogens with zero attached hydrogens (tertiary/aromatic N) is 2. The van der Waals surface area contributed by atoms with Crippen LogP contribution in [0.25, 0.3) is 0 Å². The summed E-state index contributed by atoms with van der Waals surface area (Å²) < 4.78 is 0. The van der Waals surface area contributed by atoms with Crippen LogP contribution in [0.5, 0.6) is 0 Å². The van der Waals surface area contributed by atoms with Gasteiger partial charge in [-0.1, -0.05) is 30.7 Å². The summed E-state index contributed by atoms with van der Waals surface area (Å²) in [6.07, 6.45) is 4.06. The Labute approximate surface area is 127 Å². The lowest BCUT2D eigenvalue weighted by Crippen LogP contribution is -2.58. The Morgan fingerprint density at radius 3 is 2.90 bits per heavy atom. The summed E-state index contributed by atoms with van der Waals surface area (Å²) in [5.74, 6) is 0.176. The van der Waals surface area contributed by atoms with E-state index in [1.807, 2.05) is 18.2 Å². The first kappa shape index (κ1) is 14.5. The van der Waals surface area contributed by atoms with Gasteiger partial charge in [0.2, 0.25) is 0 Å². The molecule has 0 bridgehead atoms. The molecule has 21 heavy (non-hydrogen) atoms. The van der Waals surface area contributed by atoms with Crippen LogP contribution in [0.4, 0.5) is 0 Å². The molecule has 3 rings (SSSR count). The Bertz CT molecular complexity index is 513. The highest BCUT2D eigenvalue weighted by atomic mass is 15.3. The molecule has 1 aromatic carbocycles. The van der Waals surface area contributed by atoms with Crippen molar-refractivity contribution in [2.24, 2.45) is 5.73 Å². The van der Waals surface area contributed by atoms with Crippen LogP contribution in [0.1, 0.15) is 37.3 Å². The van der Waals surface area contributed by atoms with Crippen LogP contribution < -0.4 is 5.73 Å². The second-order valence-electron chi connectivity index (χ2n) is 6.49. The van der Waals surface area contributed by atoms with E-state index in [1.165, 1.54) is 37.9 Å². The highest BCUT2D eigenvalue weighted by Crippen LogP contribution is 2.25. The topological polar surface area (TPSA) is 56.4 Å². The van der Waals surface area contributed by atoms with Crippen LogP contribution in [0.15, 0.2) is 24.3 Å². The van der Waals surface area contributed by atoms with Gasteiger partial charge in [-0.05, 0) is 31.9 Å². The molecule has 2 saturated heterocycles. The summed E-state index contributed by atoms with van der Waals surface area (Å²) >= 11 is 0. The minimum atomic E-state index is 0.176. The number of hydrogen-bond donors (Lipinski definition) is 2. The summed E-state index contributed by atoms with van der Waals surface area (Å²) in [4.78, 5) is 5.23. The second kappa shape index (κ2) is 6.16. The van der Waals surface area contributed by atoms with Crippen molar-refractivity contribution in [1.82, 2.24) is 9.80 Å². The first-order valence-electron chi connectivity index (χ1n) is 8.05. The van der Waals surface area contributed by atoms with E-state index in [0.717, 1.165) is 24.7 Å². The fraction of sp³-hybridized carbons (Fsp3) is 0.588. The highest BCUT2D eigenvalue weighted by molar-refractivity contribution is 5.96. The zero-order chi connectivity index (χ0) is 14.8. The molecule has 2 fully saturated rings. The van der Waals surface area contributed by atoms with Gasteiger partial charge in [-0.15, -0.1) is 0 Å². The van der Waals surface area contributed by atoms with E-state index in [-0.39, 0.29) is 5.84 Å². The minimum absolute atomic E-state index is 0.176. The van der Waals surface area contributed by atoms with Crippen molar-refractivity contribution in [3.63, 3.8) is 0 Å². The van der Waals surface area contributed by atoms with Gasteiger partial charge in [-0.3, -0.25) is 15.2 Å². The number of nitrogen functional groups attached to an aromatic ring is 1. The lowest BCUT2D eigenvalue weighted by Gasteiger charge is -2.47. The summed E-state index contributed by atoms with van der Waals surface area (Å²) in [7, 11) is 0. The van der Waals surface area contributed by atoms with Crippen LogP contribution in [0, 0.1) is 5.41 Å². The zero-order valence-electron chi connectivity index (χ0n) is 12.9. The number of piperidine rings is 1. The molecule has 4 heteroatoms. The molecule has 2 atom stereocenters. The second-order valence-corrected chi connectivity index (χ2v) is 6.49. The summed E-state index contributed by atoms with van der Waals surface area (Å²) in [5, 5.41) is 7.74. The molecule has 2 aliphatic heterocycles. The molecule has 114 valence electrons. The van der Waals surface area contributed by atoms with E-state index in [2.05, 4.69) is 22.8 Å². The number of rotatable bonds is 3. The molecule has 0 aromatic heterocycles. The average Bonchev–Trinajstić information content (AvgIpc) is 2.48. The molecule has 2 aliphatic rings. The molecular weight excluding hydrogens is 260 g/mol. The van der Waals surface area contributed by atoms with E-state index in [9.17, 15) is 0 Å². The fourth-order valence-electron chi connectivity index (χ4n) is 3.77. The van der Waals surface area contributed by atoms with Crippen molar-refractivity contribution in [3.8, 4) is 0 Å². The van der Waals surface area contributed by atoms with Crippen molar-refractivity contribution >= 4 is 5.84 Å². The van der Waals surface area contributed by atoms with E-state index in [1.54, 1.807) is 0 Å². The van der Waals surface area contributed by atoms with Gasteiger partial charge < -0.3 is 5.73 Å². The van der Waals surface area contributed by atoms with Crippen molar-refractivity contribution in [1.29, 1.82) is 5.41 Å².